The van der Waals surface area contributed by atoms with Gasteiger partial charge in [0, 0.05) is 11.5 Å². The molecule has 28 heavy (non-hydrogen) atoms. The Kier molecular flexibility index (Phi) is 3.83. The van der Waals surface area contributed by atoms with Gasteiger partial charge in [-0.25, -0.2) is 13.2 Å². The fraction of sp³-hybridized carbons (Fsp3) is 0.158. The molecule has 1 aliphatic rings. The summed E-state index contributed by atoms with van der Waals surface area (Å²) in [4.78, 5) is 2.93. The van der Waals surface area contributed by atoms with E-state index in [1.807, 2.05) is 0 Å². The Balaban J connectivity index is 1.69. The topological polar surface area (TPSA) is 76.0 Å². The van der Waals surface area contributed by atoms with Gasteiger partial charge in [-0.3, -0.25) is 0 Å². The van der Waals surface area contributed by atoms with Crippen LogP contribution in [0.2, 0.25) is 0 Å². The molecule has 0 spiro atoms. The summed E-state index contributed by atoms with van der Waals surface area (Å²) in [6.07, 6.45) is 0. The minimum absolute atomic E-state index is 0.0720. The van der Waals surface area contributed by atoms with E-state index in [9.17, 15) is 13.2 Å². The molecule has 0 atom stereocenters. The number of halogens is 3. The van der Waals surface area contributed by atoms with E-state index >= 15 is 0 Å². The number of nitrogens with zero attached hydrogens (tertiary/aromatic N) is 2. The average molecular weight is 386 g/mol. The summed E-state index contributed by atoms with van der Waals surface area (Å²) in [6.45, 7) is 1.06. The Labute approximate surface area is 156 Å². The van der Waals surface area contributed by atoms with Gasteiger partial charge in [-0.1, -0.05) is 5.10 Å². The lowest BCUT2D eigenvalue weighted by Crippen LogP contribution is -2.40. The molecule has 0 unspecified atom stereocenters. The van der Waals surface area contributed by atoms with Gasteiger partial charge in [-0.15, -0.1) is 5.10 Å². The van der Waals surface area contributed by atoms with Gasteiger partial charge < -0.3 is 19.5 Å². The van der Waals surface area contributed by atoms with Crippen LogP contribution in [0, 0.1) is 17.5 Å². The number of hydrogen-bond acceptors (Lipinski definition) is 5. The Hall–Kier alpha value is -3.33. The van der Waals surface area contributed by atoms with Crippen molar-refractivity contribution in [2.75, 3.05) is 18.5 Å². The molecular weight excluding hydrogens is 373 g/mol. The van der Waals surface area contributed by atoms with Crippen molar-refractivity contribution in [2.45, 2.75) is 6.04 Å². The van der Waals surface area contributed by atoms with Gasteiger partial charge in [0.2, 0.25) is 0 Å². The maximum Gasteiger partial charge on any atom is 0.316 e. The van der Waals surface area contributed by atoms with Gasteiger partial charge in [-0.2, -0.15) is 0 Å². The van der Waals surface area contributed by atoms with E-state index in [4.69, 9.17) is 9.15 Å². The second-order valence-corrected chi connectivity index (χ2v) is 6.48. The van der Waals surface area contributed by atoms with E-state index in [2.05, 4.69) is 20.5 Å². The Morgan fingerprint density at radius 1 is 1.00 bits per heavy atom. The molecule has 2 N–H and O–H groups in total. The minimum Gasteiger partial charge on any atom is -0.403 e. The van der Waals surface area contributed by atoms with E-state index in [0.717, 1.165) is 6.07 Å². The highest BCUT2D eigenvalue weighted by molar-refractivity contribution is 6.02. The molecule has 4 aromatic rings. The summed E-state index contributed by atoms with van der Waals surface area (Å²) in [5.41, 5.74) is 1.41. The molecule has 0 saturated carbocycles. The van der Waals surface area contributed by atoms with Gasteiger partial charge in [-0.05, 0) is 35.9 Å². The normalized spacial score (nSPS) is 14.4. The fourth-order valence-electron chi connectivity index (χ4n) is 3.15. The molecule has 1 fully saturated rings. The van der Waals surface area contributed by atoms with E-state index in [0.29, 0.717) is 30.0 Å². The van der Waals surface area contributed by atoms with Crippen molar-refractivity contribution in [1.29, 1.82) is 0 Å². The largest absolute Gasteiger partial charge is 0.403 e. The minimum atomic E-state index is -0.755. The predicted octanol–water partition coefficient (Wildman–Crippen LogP) is 4.11. The number of aromatic amines is 1. The van der Waals surface area contributed by atoms with Crippen LogP contribution in [0.1, 0.15) is 0 Å². The van der Waals surface area contributed by atoms with Crippen LogP contribution in [0.15, 0.2) is 40.8 Å². The molecule has 3 heterocycles. The zero-order valence-corrected chi connectivity index (χ0v) is 14.3. The second kappa shape index (κ2) is 6.38. The number of hydrogen-bond donors (Lipinski definition) is 2. The number of aromatic nitrogens is 3. The highest BCUT2D eigenvalue weighted by atomic mass is 19.1. The summed E-state index contributed by atoms with van der Waals surface area (Å²) in [6, 6.07) is 7.83. The van der Waals surface area contributed by atoms with Crippen LogP contribution in [0.3, 0.4) is 0 Å². The molecule has 0 aliphatic carbocycles. The summed E-state index contributed by atoms with van der Waals surface area (Å²) in [7, 11) is 0. The first-order valence-corrected chi connectivity index (χ1v) is 8.53. The van der Waals surface area contributed by atoms with Crippen molar-refractivity contribution in [2.24, 2.45) is 0 Å². The predicted molar refractivity (Wildman–Crippen MR) is 95.1 cm³/mol. The summed E-state index contributed by atoms with van der Waals surface area (Å²) >= 11 is 0. The number of H-pyrrole nitrogens is 1. The third-order valence-electron chi connectivity index (χ3n) is 4.56. The summed E-state index contributed by atoms with van der Waals surface area (Å²) < 4.78 is 52.3. The third-order valence-corrected chi connectivity index (χ3v) is 4.56. The number of benzene rings is 2. The molecule has 0 radical (unpaired) electrons. The van der Waals surface area contributed by atoms with Crippen molar-refractivity contribution in [1.82, 2.24) is 15.2 Å². The molecule has 9 heteroatoms. The Morgan fingerprint density at radius 3 is 2.50 bits per heavy atom. The molecule has 2 aromatic carbocycles. The first-order chi connectivity index (χ1) is 13.6. The van der Waals surface area contributed by atoms with Gasteiger partial charge in [0.25, 0.3) is 5.89 Å². The van der Waals surface area contributed by atoms with E-state index in [-0.39, 0.29) is 28.9 Å². The van der Waals surface area contributed by atoms with E-state index in [1.54, 1.807) is 0 Å². The first kappa shape index (κ1) is 16.8. The second-order valence-electron chi connectivity index (χ2n) is 6.48. The number of rotatable bonds is 4. The third kappa shape index (κ3) is 2.80. The van der Waals surface area contributed by atoms with Crippen LogP contribution < -0.4 is 5.32 Å². The first-order valence-electron chi connectivity index (χ1n) is 8.53. The van der Waals surface area contributed by atoms with Crippen LogP contribution in [-0.4, -0.2) is 34.4 Å². The van der Waals surface area contributed by atoms with Gasteiger partial charge in [0.1, 0.15) is 17.5 Å². The van der Waals surface area contributed by atoms with Crippen LogP contribution in [0.5, 0.6) is 0 Å². The zero-order valence-electron chi connectivity index (χ0n) is 14.3. The molecular formula is C19H13F3N4O2. The number of ether oxygens (including phenoxy) is 1. The quantitative estimate of drug-likeness (QED) is 0.552. The maximum atomic E-state index is 14.3. The monoisotopic (exact) mass is 386 g/mol. The molecule has 1 aliphatic heterocycles. The molecule has 2 aromatic heterocycles. The van der Waals surface area contributed by atoms with Crippen molar-refractivity contribution < 1.29 is 22.3 Å². The van der Waals surface area contributed by atoms with Crippen molar-refractivity contribution in [3.8, 4) is 22.7 Å². The zero-order chi connectivity index (χ0) is 19.3. The van der Waals surface area contributed by atoms with Gasteiger partial charge >= 0.3 is 6.01 Å². The Morgan fingerprint density at radius 2 is 1.79 bits per heavy atom. The van der Waals surface area contributed by atoms with E-state index in [1.165, 1.54) is 30.3 Å². The standard InChI is InChI=1S/C19H13F3N4O2/c20-10-3-1-9(2-4-10)16-15(13-5-11(21)6-14(22)17(13)24-16)18-25-26-19(28-18)23-12-7-27-8-12/h1-6,12,24H,7-8H2,(H,23,26). The molecule has 0 bridgehead atoms. The van der Waals surface area contributed by atoms with Gasteiger partial charge in [0.05, 0.1) is 36.0 Å². The highest BCUT2D eigenvalue weighted by Crippen LogP contribution is 2.39. The van der Waals surface area contributed by atoms with Crippen molar-refractivity contribution in [3.05, 3.63) is 53.8 Å². The fourth-order valence-corrected chi connectivity index (χ4v) is 3.15. The molecule has 5 rings (SSSR count). The smallest absolute Gasteiger partial charge is 0.316 e. The van der Waals surface area contributed by atoms with Crippen molar-refractivity contribution in [3.63, 3.8) is 0 Å². The van der Waals surface area contributed by atoms with Crippen molar-refractivity contribution >= 4 is 16.9 Å². The highest BCUT2D eigenvalue weighted by Gasteiger charge is 2.25. The molecule has 6 nitrogen and oxygen atoms in total. The molecule has 0 amide bonds. The number of anilines is 1. The maximum absolute atomic E-state index is 14.3. The molecule has 142 valence electrons. The van der Waals surface area contributed by atoms with E-state index < -0.39 is 17.5 Å². The van der Waals surface area contributed by atoms with Crippen LogP contribution in [0.25, 0.3) is 33.6 Å². The number of fused-ring (bicyclic) bond motifs is 1. The van der Waals surface area contributed by atoms with Crippen LogP contribution in [0.4, 0.5) is 19.2 Å². The number of nitrogens with one attached hydrogen (secondary N) is 2. The van der Waals surface area contributed by atoms with Crippen LogP contribution >= 0.6 is 0 Å². The lowest BCUT2D eigenvalue weighted by Gasteiger charge is -2.25. The summed E-state index contributed by atoms with van der Waals surface area (Å²) in [5, 5.41) is 11.2. The Bertz CT molecular complexity index is 1170. The lowest BCUT2D eigenvalue weighted by molar-refractivity contribution is 0.0201. The lowest BCUT2D eigenvalue weighted by atomic mass is 10.0. The molecule has 1 saturated heterocycles. The average Bonchev–Trinajstić information content (AvgIpc) is 3.23. The SMILES string of the molecule is Fc1ccc(-c2[nH]c3c(F)cc(F)cc3c2-c2nnc(NC3COC3)o2)cc1. The van der Waals surface area contributed by atoms with Gasteiger partial charge in [0.15, 0.2) is 0 Å². The summed E-state index contributed by atoms with van der Waals surface area (Å²) in [5.74, 6) is -1.82. The van der Waals surface area contributed by atoms with Crippen LogP contribution in [-0.2, 0) is 4.74 Å².